The summed E-state index contributed by atoms with van der Waals surface area (Å²) >= 11 is 6.06. The standard InChI is InChI=1S/C27H25ClF4N4O3/c1-27(26(37)33-13-17-14-35(2)9-10-38-17)24(22-7-8-23(28)39-22)25(18-5-3-15(29)11-19(18)31)34-36(27)21-6-4-16(30)12-20(21)32/h3-8,11-12,17,24H,9-10,13-14H2,1-2H3,(H,33,37). The average molecular weight is 565 g/mol. The molecule has 1 N–H and O–H groups in total. The van der Waals surface area contributed by atoms with Crippen LogP contribution in [0, 0.1) is 23.3 Å². The third-order valence-corrected chi connectivity index (χ3v) is 7.20. The minimum Gasteiger partial charge on any atom is -0.449 e. The van der Waals surface area contributed by atoms with Crippen LogP contribution < -0.4 is 10.3 Å². The molecule has 39 heavy (non-hydrogen) atoms. The largest absolute Gasteiger partial charge is 0.449 e. The van der Waals surface area contributed by atoms with Crippen LogP contribution >= 0.6 is 11.6 Å². The molecule has 1 fully saturated rings. The number of ether oxygens (including phenoxy) is 1. The highest BCUT2D eigenvalue weighted by molar-refractivity contribution is 6.28. The summed E-state index contributed by atoms with van der Waals surface area (Å²) in [6.45, 7) is 3.43. The van der Waals surface area contributed by atoms with Gasteiger partial charge in [0.15, 0.2) is 16.6 Å². The number of halogens is 5. The van der Waals surface area contributed by atoms with Crippen LogP contribution in [0.4, 0.5) is 23.2 Å². The predicted molar refractivity (Wildman–Crippen MR) is 137 cm³/mol. The topological polar surface area (TPSA) is 70.3 Å². The molecule has 3 heterocycles. The van der Waals surface area contributed by atoms with Gasteiger partial charge in [-0.25, -0.2) is 22.6 Å². The Hall–Kier alpha value is -3.41. The Morgan fingerprint density at radius 1 is 1.10 bits per heavy atom. The number of nitrogens with zero attached hydrogens (tertiary/aromatic N) is 3. The van der Waals surface area contributed by atoms with Crippen LogP contribution in [0.25, 0.3) is 0 Å². The molecule has 0 radical (unpaired) electrons. The Morgan fingerprint density at radius 3 is 2.46 bits per heavy atom. The fourth-order valence-corrected chi connectivity index (χ4v) is 5.17. The fourth-order valence-electron chi connectivity index (χ4n) is 5.02. The van der Waals surface area contributed by atoms with Crippen LogP contribution in [0.2, 0.25) is 5.22 Å². The molecule has 7 nitrogen and oxygen atoms in total. The Bertz CT molecular complexity index is 1430. The highest BCUT2D eigenvalue weighted by Crippen LogP contribution is 2.46. The molecular formula is C27H25ClF4N4O3. The molecule has 5 rings (SSSR count). The third-order valence-electron chi connectivity index (χ3n) is 7.00. The molecule has 206 valence electrons. The number of amides is 1. The van der Waals surface area contributed by atoms with Gasteiger partial charge in [0.1, 0.15) is 23.2 Å². The average Bonchev–Trinajstić information content (AvgIpc) is 3.43. The lowest BCUT2D eigenvalue weighted by atomic mass is 9.78. The van der Waals surface area contributed by atoms with Gasteiger partial charge in [0.25, 0.3) is 0 Å². The van der Waals surface area contributed by atoms with Gasteiger partial charge in [-0.2, -0.15) is 5.10 Å². The van der Waals surface area contributed by atoms with E-state index in [1.54, 1.807) is 0 Å². The molecule has 0 saturated carbocycles. The van der Waals surface area contributed by atoms with E-state index in [1.165, 1.54) is 25.1 Å². The monoisotopic (exact) mass is 564 g/mol. The number of nitrogens with one attached hydrogen (secondary N) is 1. The van der Waals surface area contributed by atoms with E-state index in [9.17, 15) is 13.6 Å². The number of rotatable bonds is 6. The number of hydrazone groups is 1. The third kappa shape index (κ3) is 5.13. The molecule has 2 aliphatic rings. The van der Waals surface area contributed by atoms with Crippen molar-refractivity contribution in [1.29, 1.82) is 0 Å². The van der Waals surface area contributed by atoms with Crippen LogP contribution in [0.15, 0.2) is 58.0 Å². The van der Waals surface area contributed by atoms with Crippen LogP contribution in [0.5, 0.6) is 0 Å². The minimum atomic E-state index is -1.77. The summed E-state index contributed by atoms with van der Waals surface area (Å²) in [7, 11) is 1.93. The van der Waals surface area contributed by atoms with Crippen LogP contribution in [-0.2, 0) is 9.53 Å². The van der Waals surface area contributed by atoms with Crippen molar-refractivity contribution in [3.8, 4) is 0 Å². The molecule has 2 aromatic carbocycles. The van der Waals surface area contributed by atoms with Gasteiger partial charge < -0.3 is 19.4 Å². The predicted octanol–water partition coefficient (Wildman–Crippen LogP) is 4.70. The first-order valence-corrected chi connectivity index (χ1v) is 12.6. The van der Waals surface area contributed by atoms with Crippen LogP contribution in [0.1, 0.15) is 24.2 Å². The maximum atomic E-state index is 15.1. The molecule has 3 unspecified atom stereocenters. The van der Waals surface area contributed by atoms with E-state index in [2.05, 4.69) is 15.3 Å². The van der Waals surface area contributed by atoms with Crippen molar-refractivity contribution >= 4 is 28.9 Å². The SMILES string of the molecule is CN1CCOC(CNC(=O)C2(C)C(c3ccc(Cl)o3)C(c3ccc(F)cc3F)=NN2c2ccc(F)cc2F)C1. The van der Waals surface area contributed by atoms with Crippen molar-refractivity contribution in [3.05, 3.63) is 88.3 Å². The van der Waals surface area contributed by atoms with Gasteiger partial charge in [-0.15, -0.1) is 0 Å². The van der Waals surface area contributed by atoms with Gasteiger partial charge in [-0.1, -0.05) is 0 Å². The number of likely N-dealkylation sites (N-methyl/N-ethyl adjacent to an activating group) is 1. The lowest BCUT2D eigenvalue weighted by molar-refractivity contribution is -0.127. The van der Waals surface area contributed by atoms with Gasteiger partial charge in [-0.05, 0) is 62.0 Å². The highest BCUT2D eigenvalue weighted by Gasteiger charge is 2.57. The summed E-state index contributed by atoms with van der Waals surface area (Å²) in [6, 6.07) is 8.66. The summed E-state index contributed by atoms with van der Waals surface area (Å²) in [5.74, 6) is -5.19. The molecule has 1 saturated heterocycles. The Morgan fingerprint density at radius 2 is 1.82 bits per heavy atom. The zero-order chi connectivity index (χ0) is 27.9. The molecule has 0 bridgehead atoms. The summed E-state index contributed by atoms with van der Waals surface area (Å²) < 4.78 is 69.3. The Labute approximate surface area is 227 Å². The molecule has 3 aromatic rings. The number of furan rings is 1. The lowest BCUT2D eigenvalue weighted by Crippen LogP contribution is -2.58. The first-order chi connectivity index (χ1) is 18.6. The van der Waals surface area contributed by atoms with E-state index in [0.717, 1.165) is 29.8 Å². The summed E-state index contributed by atoms with van der Waals surface area (Å²) in [5, 5.41) is 8.41. The van der Waals surface area contributed by atoms with Crippen molar-refractivity contribution in [2.45, 2.75) is 24.5 Å². The number of hydrogen-bond acceptors (Lipinski definition) is 6. The molecule has 1 amide bonds. The molecule has 0 aliphatic carbocycles. The van der Waals surface area contributed by atoms with Gasteiger partial charge in [0, 0.05) is 37.3 Å². The summed E-state index contributed by atoms with van der Waals surface area (Å²) in [4.78, 5) is 16.1. The van der Waals surface area contributed by atoms with E-state index < -0.39 is 40.6 Å². The fraction of sp³-hybridized carbons (Fsp3) is 0.333. The summed E-state index contributed by atoms with van der Waals surface area (Å²) in [6.07, 6.45) is -0.305. The van der Waals surface area contributed by atoms with E-state index in [-0.39, 0.29) is 40.6 Å². The molecule has 2 aliphatic heterocycles. The van der Waals surface area contributed by atoms with Crippen molar-refractivity contribution in [2.24, 2.45) is 5.10 Å². The van der Waals surface area contributed by atoms with E-state index >= 15 is 8.78 Å². The number of carbonyl (C=O) groups excluding carboxylic acids is 1. The van der Waals surface area contributed by atoms with E-state index in [1.807, 2.05) is 7.05 Å². The summed E-state index contributed by atoms with van der Waals surface area (Å²) in [5.41, 5.74) is -2.16. The number of morpholine rings is 1. The van der Waals surface area contributed by atoms with E-state index in [4.69, 9.17) is 20.8 Å². The van der Waals surface area contributed by atoms with Crippen LogP contribution in [-0.4, -0.2) is 61.5 Å². The first kappa shape index (κ1) is 27.2. The van der Waals surface area contributed by atoms with Crippen LogP contribution in [0.3, 0.4) is 0 Å². The second-order valence-corrected chi connectivity index (χ2v) is 10.1. The lowest BCUT2D eigenvalue weighted by Gasteiger charge is -2.37. The minimum absolute atomic E-state index is 0.00302. The number of carbonyl (C=O) groups is 1. The number of hydrogen-bond donors (Lipinski definition) is 1. The van der Waals surface area contributed by atoms with Crippen molar-refractivity contribution in [3.63, 3.8) is 0 Å². The first-order valence-electron chi connectivity index (χ1n) is 12.2. The van der Waals surface area contributed by atoms with Crippen molar-refractivity contribution in [2.75, 3.05) is 38.3 Å². The molecular weight excluding hydrogens is 540 g/mol. The normalized spacial score (nSPS) is 23.7. The molecule has 12 heteroatoms. The zero-order valence-electron chi connectivity index (χ0n) is 21.1. The van der Waals surface area contributed by atoms with Crippen molar-refractivity contribution < 1.29 is 31.5 Å². The number of anilines is 1. The smallest absolute Gasteiger partial charge is 0.249 e. The second kappa shape index (κ2) is 10.6. The Balaban J connectivity index is 1.63. The maximum absolute atomic E-state index is 15.1. The van der Waals surface area contributed by atoms with Gasteiger partial charge in [0.2, 0.25) is 5.91 Å². The maximum Gasteiger partial charge on any atom is 0.249 e. The Kier molecular flexibility index (Phi) is 7.41. The van der Waals surface area contributed by atoms with E-state index in [0.29, 0.717) is 25.3 Å². The highest BCUT2D eigenvalue weighted by atomic mass is 35.5. The van der Waals surface area contributed by atoms with Gasteiger partial charge >= 0.3 is 0 Å². The second-order valence-electron chi connectivity index (χ2n) is 9.70. The quantitative estimate of drug-likeness (QED) is 0.440. The van der Waals surface area contributed by atoms with Gasteiger partial charge in [0.05, 0.1) is 30.0 Å². The number of benzene rings is 2. The zero-order valence-corrected chi connectivity index (χ0v) is 21.8. The van der Waals surface area contributed by atoms with Crippen molar-refractivity contribution in [1.82, 2.24) is 10.2 Å². The molecule has 1 aromatic heterocycles. The molecule has 0 spiro atoms. The molecule has 3 atom stereocenters. The van der Waals surface area contributed by atoms with Gasteiger partial charge in [-0.3, -0.25) is 4.79 Å².